The van der Waals surface area contributed by atoms with E-state index in [9.17, 15) is 4.79 Å². The Kier molecular flexibility index (Phi) is 5.78. The minimum atomic E-state index is 0.112. The topological polar surface area (TPSA) is 59.8 Å². The maximum absolute atomic E-state index is 12.5. The molecule has 0 aliphatic heterocycles. The second kappa shape index (κ2) is 8.22. The first-order valence-corrected chi connectivity index (χ1v) is 9.27. The molecule has 0 unspecified atom stereocenters. The molecule has 25 heavy (non-hydrogen) atoms. The van der Waals surface area contributed by atoms with Crippen LogP contribution in [0.5, 0.6) is 0 Å². The third kappa shape index (κ3) is 4.43. The van der Waals surface area contributed by atoms with Crippen molar-refractivity contribution >= 4 is 45.1 Å². The Bertz CT molecular complexity index is 892. The predicted octanol–water partition coefficient (Wildman–Crippen LogP) is 3.35. The molecule has 0 saturated carbocycles. The number of hydrogen-bond acceptors (Lipinski definition) is 5. The number of carbonyl (C=O) groups excluding carboxylic acids is 1. The summed E-state index contributed by atoms with van der Waals surface area (Å²) in [7, 11) is 1.90. The van der Waals surface area contributed by atoms with E-state index in [0.29, 0.717) is 23.0 Å². The minimum absolute atomic E-state index is 0.112. The van der Waals surface area contributed by atoms with Crippen LogP contribution in [0.15, 0.2) is 49.1 Å². The van der Waals surface area contributed by atoms with Crippen LogP contribution in [-0.2, 0) is 13.6 Å². The summed E-state index contributed by atoms with van der Waals surface area (Å²) in [6.45, 7) is 0.641. The number of hydrogen-bond donors (Lipinski definition) is 1. The minimum Gasteiger partial charge on any atom is -0.367 e. The second-order valence-corrected chi connectivity index (χ2v) is 7.32. The third-order valence-corrected chi connectivity index (χ3v) is 5.07. The van der Waals surface area contributed by atoms with Crippen LogP contribution in [0, 0.1) is 0 Å². The lowest BCUT2D eigenvalue weighted by atomic mass is 10.1. The fourth-order valence-electron chi connectivity index (χ4n) is 2.53. The zero-order valence-electron chi connectivity index (χ0n) is 13.8. The molecule has 0 aliphatic rings. The molecule has 3 aromatic rings. The quantitative estimate of drug-likeness (QED) is 0.530. The van der Waals surface area contributed by atoms with Gasteiger partial charge < -0.3 is 9.88 Å². The molecule has 0 saturated heterocycles. The van der Waals surface area contributed by atoms with Gasteiger partial charge in [-0.1, -0.05) is 30.0 Å². The highest BCUT2D eigenvalue weighted by Crippen LogP contribution is 2.20. The molecule has 0 bridgehead atoms. The molecule has 0 amide bonds. The molecule has 128 valence electrons. The number of pyridine rings is 2. The number of thiocarbonyl (C=S) groups is 1. The number of aromatic nitrogens is 3. The summed E-state index contributed by atoms with van der Waals surface area (Å²) in [5.74, 6) is 0.759. The molecule has 0 aromatic carbocycles. The molecule has 7 heteroatoms. The molecule has 3 aromatic heterocycles. The van der Waals surface area contributed by atoms with Crippen LogP contribution in [0.3, 0.4) is 0 Å². The summed E-state index contributed by atoms with van der Waals surface area (Å²) in [6.07, 6.45) is 7.57. The normalized spacial score (nSPS) is 10.8. The molecule has 0 aliphatic carbocycles. The van der Waals surface area contributed by atoms with E-state index in [-0.39, 0.29) is 5.78 Å². The standard InChI is InChI=1S/C18H18N4OS2/c1-22-12-15(14-5-3-8-20-17(14)22)16(23)6-9-25-18(24)21-11-13-4-2-7-19-10-13/h2-5,7-8,10,12H,6,9,11H2,1H3,(H,21,24). The van der Waals surface area contributed by atoms with Gasteiger partial charge in [-0.25, -0.2) is 4.98 Å². The highest BCUT2D eigenvalue weighted by Gasteiger charge is 2.14. The molecule has 0 radical (unpaired) electrons. The Balaban J connectivity index is 1.50. The Morgan fingerprint density at radius 3 is 2.96 bits per heavy atom. The van der Waals surface area contributed by atoms with Gasteiger partial charge in [-0.2, -0.15) is 0 Å². The molecule has 3 rings (SSSR count). The lowest BCUT2D eigenvalue weighted by Gasteiger charge is -2.07. The van der Waals surface area contributed by atoms with Gasteiger partial charge in [0, 0.05) is 61.5 Å². The van der Waals surface area contributed by atoms with Crippen LogP contribution < -0.4 is 5.32 Å². The van der Waals surface area contributed by atoms with Crippen molar-refractivity contribution in [2.75, 3.05) is 5.75 Å². The number of rotatable bonds is 6. The van der Waals surface area contributed by atoms with Crippen molar-refractivity contribution in [3.05, 3.63) is 60.2 Å². The number of aryl methyl sites for hydroxylation is 1. The summed E-state index contributed by atoms with van der Waals surface area (Å²) in [4.78, 5) is 20.9. The molecule has 1 N–H and O–H groups in total. The molecular formula is C18H18N4OS2. The average Bonchev–Trinajstić information content (AvgIpc) is 2.98. The van der Waals surface area contributed by atoms with E-state index >= 15 is 0 Å². The van der Waals surface area contributed by atoms with Crippen LogP contribution in [0.4, 0.5) is 0 Å². The zero-order chi connectivity index (χ0) is 17.6. The third-order valence-electron chi connectivity index (χ3n) is 3.76. The van der Waals surface area contributed by atoms with Gasteiger partial charge in [0.15, 0.2) is 5.78 Å². The summed E-state index contributed by atoms with van der Waals surface area (Å²) in [5.41, 5.74) is 2.62. The first-order chi connectivity index (χ1) is 12.1. The van der Waals surface area contributed by atoms with E-state index in [4.69, 9.17) is 12.2 Å². The SMILES string of the molecule is Cn1cc(C(=O)CCSC(=S)NCc2cccnc2)c2cccnc21. The first-order valence-electron chi connectivity index (χ1n) is 7.88. The summed E-state index contributed by atoms with van der Waals surface area (Å²) in [5, 5.41) is 4.08. The van der Waals surface area contributed by atoms with E-state index in [1.54, 1.807) is 18.6 Å². The Labute approximate surface area is 155 Å². The highest BCUT2D eigenvalue weighted by atomic mass is 32.2. The monoisotopic (exact) mass is 370 g/mol. The number of nitrogens with zero attached hydrogens (tertiary/aromatic N) is 3. The Morgan fingerprint density at radius 1 is 1.32 bits per heavy atom. The lowest BCUT2D eigenvalue weighted by Crippen LogP contribution is -2.18. The van der Waals surface area contributed by atoms with Crippen molar-refractivity contribution in [3.8, 4) is 0 Å². The van der Waals surface area contributed by atoms with Crippen LogP contribution in [0.1, 0.15) is 22.3 Å². The zero-order valence-corrected chi connectivity index (χ0v) is 15.4. The lowest BCUT2D eigenvalue weighted by molar-refractivity contribution is 0.0991. The highest BCUT2D eigenvalue weighted by molar-refractivity contribution is 8.22. The summed E-state index contributed by atoms with van der Waals surface area (Å²) < 4.78 is 2.58. The molecular weight excluding hydrogens is 352 g/mol. The maximum atomic E-state index is 12.5. The van der Waals surface area contributed by atoms with E-state index in [1.165, 1.54) is 11.8 Å². The maximum Gasteiger partial charge on any atom is 0.165 e. The smallest absolute Gasteiger partial charge is 0.165 e. The van der Waals surface area contributed by atoms with Gasteiger partial charge in [-0.05, 0) is 23.8 Å². The van der Waals surface area contributed by atoms with Crippen molar-refractivity contribution in [1.29, 1.82) is 0 Å². The Hall–Kier alpha value is -2.25. The van der Waals surface area contributed by atoms with Gasteiger partial charge in [0.25, 0.3) is 0 Å². The predicted molar refractivity (Wildman–Crippen MR) is 106 cm³/mol. The van der Waals surface area contributed by atoms with Crippen molar-refractivity contribution in [2.24, 2.45) is 7.05 Å². The average molecular weight is 371 g/mol. The number of nitrogens with one attached hydrogen (secondary N) is 1. The van der Waals surface area contributed by atoms with Crippen molar-refractivity contribution in [1.82, 2.24) is 19.9 Å². The van der Waals surface area contributed by atoms with Gasteiger partial charge in [0.1, 0.15) is 9.97 Å². The number of ketones is 1. The van der Waals surface area contributed by atoms with E-state index < -0.39 is 0 Å². The summed E-state index contributed by atoms with van der Waals surface area (Å²) in [6, 6.07) is 7.67. The van der Waals surface area contributed by atoms with Crippen LogP contribution >= 0.6 is 24.0 Å². The van der Waals surface area contributed by atoms with E-state index in [2.05, 4.69) is 15.3 Å². The largest absolute Gasteiger partial charge is 0.367 e. The van der Waals surface area contributed by atoms with Gasteiger partial charge in [0.05, 0.1) is 0 Å². The number of carbonyl (C=O) groups is 1. The molecule has 0 spiro atoms. The van der Waals surface area contributed by atoms with Crippen molar-refractivity contribution in [2.45, 2.75) is 13.0 Å². The molecule has 5 nitrogen and oxygen atoms in total. The Morgan fingerprint density at radius 2 is 2.16 bits per heavy atom. The van der Waals surface area contributed by atoms with Crippen LogP contribution in [0.2, 0.25) is 0 Å². The van der Waals surface area contributed by atoms with Gasteiger partial charge >= 0.3 is 0 Å². The number of Topliss-reactive ketones (excluding diaryl/α,β-unsaturated/α-hetero) is 1. The molecule has 3 heterocycles. The van der Waals surface area contributed by atoms with Gasteiger partial charge in [0.2, 0.25) is 0 Å². The fourth-order valence-corrected chi connectivity index (χ4v) is 3.50. The molecule has 0 atom stereocenters. The van der Waals surface area contributed by atoms with Crippen LogP contribution in [0.25, 0.3) is 11.0 Å². The number of thioether (sulfide) groups is 1. The number of fused-ring (bicyclic) bond motifs is 1. The molecule has 0 fully saturated rings. The van der Waals surface area contributed by atoms with Gasteiger partial charge in [-0.15, -0.1) is 0 Å². The fraction of sp³-hybridized carbons (Fsp3) is 0.222. The first kappa shape index (κ1) is 17.6. The van der Waals surface area contributed by atoms with Gasteiger partial charge in [-0.3, -0.25) is 9.78 Å². The van der Waals surface area contributed by atoms with Crippen molar-refractivity contribution < 1.29 is 4.79 Å². The van der Waals surface area contributed by atoms with E-state index in [1.807, 2.05) is 42.1 Å². The van der Waals surface area contributed by atoms with E-state index in [0.717, 1.165) is 22.2 Å². The second-order valence-electron chi connectivity index (χ2n) is 5.55. The van der Waals surface area contributed by atoms with Crippen LogP contribution in [-0.4, -0.2) is 30.4 Å². The van der Waals surface area contributed by atoms with Crippen molar-refractivity contribution in [3.63, 3.8) is 0 Å². The summed E-state index contributed by atoms with van der Waals surface area (Å²) >= 11 is 6.80.